The molecule has 0 bridgehead atoms. The summed E-state index contributed by atoms with van der Waals surface area (Å²) in [4.78, 5) is 12.9. The Kier molecular flexibility index (Phi) is 4.98. The summed E-state index contributed by atoms with van der Waals surface area (Å²) in [5.74, 6) is -0.355. The van der Waals surface area contributed by atoms with Crippen LogP contribution in [0.5, 0.6) is 0 Å². The van der Waals surface area contributed by atoms with Crippen LogP contribution in [0.1, 0.15) is 12.5 Å². The minimum absolute atomic E-state index is 0.355. The van der Waals surface area contributed by atoms with E-state index in [-0.39, 0.29) is 5.96 Å². The van der Waals surface area contributed by atoms with Gasteiger partial charge in [0, 0.05) is 16.5 Å². The average Bonchev–Trinajstić information content (AvgIpc) is 2.30. The summed E-state index contributed by atoms with van der Waals surface area (Å²) in [7, 11) is 1.48. The van der Waals surface area contributed by atoms with Crippen LogP contribution >= 0.6 is 27.5 Å². The molecule has 0 fully saturated rings. The lowest BCUT2D eigenvalue weighted by Gasteiger charge is -2.24. The van der Waals surface area contributed by atoms with E-state index >= 15 is 0 Å². The molecule has 0 aliphatic rings. The molecule has 0 spiro atoms. The minimum Gasteiger partial charge on any atom is -0.369 e. The van der Waals surface area contributed by atoms with Crippen molar-refractivity contribution in [1.82, 2.24) is 5.32 Å². The summed E-state index contributed by atoms with van der Waals surface area (Å²) in [6.07, 6.45) is 0.662. The Labute approximate surface area is 119 Å². The second kappa shape index (κ2) is 6.06. The Morgan fingerprint density at radius 3 is 2.67 bits per heavy atom. The molecule has 1 aromatic rings. The van der Waals surface area contributed by atoms with Gasteiger partial charge in [0.05, 0.1) is 5.69 Å². The molecule has 0 atom stereocenters. The van der Waals surface area contributed by atoms with E-state index in [1.165, 1.54) is 7.05 Å². The smallest absolute Gasteiger partial charge is 0.328 e. The molecule has 0 aliphatic heterocycles. The lowest BCUT2D eigenvalue weighted by atomic mass is 10.1. The summed E-state index contributed by atoms with van der Waals surface area (Å²) in [6.45, 7) is 1.93. The molecule has 0 aliphatic carbocycles. The fourth-order valence-corrected chi connectivity index (χ4v) is 2.63. The highest BCUT2D eigenvalue weighted by atomic mass is 79.9. The molecule has 1 rings (SSSR count). The number of guanidine groups is 1. The quantitative estimate of drug-likeness (QED) is 0.574. The zero-order valence-corrected chi connectivity index (χ0v) is 12.4. The van der Waals surface area contributed by atoms with Crippen LogP contribution in [0.3, 0.4) is 0 Å². The standard InChI is InChI=1S/C11H14BrClN4O/c1-3-6-4-7(13)5-8(12)9(6)17(10(14)15)11(18)16-2/h4-5H,3H2,1-2H3,(H3,14,15)(H,16,18). The van der Waals surface area contributed by atoms with Gasteiger partial charge in [0.15, 0.2) is 0 Å². The van der Waals surface area contributed by atoms with E-state index in [9.17, 15) is 4.79 Å². The summed E-state index contributed by atoms with van der Waals surface area (Å²) >= 11 is 9.31. The predicted octanol–water partition coefficient (Wildman–Crippen LogP) is 2.70. The van der Waals surface area contributed by atoms with Gasteiger partial charge in [-0.2, -0.15) is 0 Å². The third-order valence-corrected chi connectivity index (χ3v) is 3.19. The van der Waals surface area contributed by atoms with Gasteiger partial charge < -0.3 is 11.1 Å². The maximum absolute atomic E-state index is 11.8. The fraction of sp³-hybridized carbons (Fsp3) is 0.273. The van der Waals surface area contributed by atoms with E-state index in [0.29, 0.717) is 21.6 Å². The highest BCUT2D eigenvalue weighted by molar-refractivity contribution is 9.10. The third kappa shape index (κ3) is 2.94. The van der Waals surface area contributed by atoms with Crippen LogP contribution in [0, 0.1) is 5.41 Å². The van der Waals surface area contributed by atoms with Crippen LogP contribution in [0.15, 0.2) is 16.6 Å². The molecule has 5 nitrogen and oxygen atoms in total. The van der Waals surface area contributed by atoms with Gasteiger partial charge in [-0.3, -0.25) is 5.41 Å². The zero-order chi connectivity index (χ0) is 13.9. The number of aryl methyl sites for hydroxylation is 1. The number of halogens is 2. The normalized spacial score (nSPS) is 10.0. The van der Waals surface area contributed by atoms with Crippen LogP contribution in [0.2, 0.25) is 5.02 Å². The molecule has 2 amide bonds. The number of carbonyl (C=O) groups excluding carboxylic acids is 1. The number of hydrogen-bond acceptors (Lipinski definition) is 2. The first-order chi connectivity index (χ1) is 8.42. The van der Waals surface area contributed by atoms with Gasteiger partial charge in [-0.15, -0.1) is 0 Å². The van der Waals surface area contributed by atoms with Crippen molar-refractivity contribution in [2.45, 2.75) is 13.3 Å². The summed E-state index contributed by atoms with van der Waals surface area (Å²) in [6, 6.07) is 2.94. The van der Waals surface area contributed by atoms with Crippen LogP contribution in [0.25, 0.3) is 0 Å². The van der Waals surface area contributed by atoms with Gasteiger partial charge in [0.25, 0.3) is 0 Å². The molecule has 0 saturated carbocycles. The Morgan fingerprint density at radius 2 is 2.22 bits per heavy atom. The maximum Gasteiger partial charge on any atom is 0.328 e. The number of nitrogens with two attached hydrogens (primary N) is 1. The SMILES string of the molecule is CCc1cc(Cl)cc(Br)c1N(C(=N)N)C(=O)NC. The monoisotopic (exact) mass is 332 g/mol. The molecule has 0 unspecified atom stereocenters. The number of anilines is 1. The van der Waals surface area contributed by atoms with E-state index in [4.69, 9.17) is 22.7 Å². The Hall–Kier alpha value is -1.27. The number of amides is 2. The van der Waals surface area contributed by atoms with Gasteiger partial charge in [-0.05, 0) is 40.0 Å². The molecule has 0 aromatic heterocycles. The topological polar surface area (TPSA) is 82.2 Å². The molecule has 1 aromatic carbocycles. The molecule has 4 N–H and O–H groups in total. The van der Waals surface area contributed by atoms with Crippen molar-refractivity contribution < 1.29 is 4.79 Å². The molecule has 7 heteroatoms. The number of hydrogen-bond donors (Lipinski definition) is 3. The van der Waals surface area contributed by atoms with Crippen LogP contribution in [-0.4, -0.2) is 19.0 Å². The number of urea groups is 1. The fourth-order valence-electron chi connectivity index (χ4n) is 1.58. The van der Waals surface area contributed by atoms with Gasteiger partial charge in [0.2, 0.25) is 5.96 Å². The Bertz CT molecular complexity index is 492. The van der Waals surface area contributed by atoms with Gasteiger partial charge >= 0.3 is 6.03 Å². The van der Waals surface area contributed by atoms with E-state index in [2.05, 4.69) is 21.2 Å². The molecule has 18 heavy (non-hydrogen) atoms. The van der Waals surface area contributed by atoms with Crippen molar-refractivity contribution in [1.29, 1.82) is 5.41 Å². The summed E-state index contributed by atoms with van der Waals surface area (Å²) in [5, 5.41) is 10.5. The molecular weight excluding hydrogens is 320 g/mol. The van der Waals surface area contributed by atoms with E-state index in [1.807, 2.05) is 6.92 Å². The largest absolute Gasteiger partial charge is 0.369 e. The third-order valence-electron chi connectivity index (χ3n) is 2.37. The highest BCUT2D eigenvalue weighted by Crippen LogP contribution is 2.34. The predicted molar refractivity (Wildman–Crippen MR) is 77.4 cm³/mol. The zero-order valence-electron chi connectivity index (χ0n) is 10.1. The van der Waals surface area contributed by atoms with Crippen molar-refractivity contribution >= 4 is 45.2 Å². The number of rotatable bonds is 2. The summed E-state index contributed by atoms with van der Waals surface area (Å²) in [5.41, 5.74) is 6.83. The second-order valence-electron chi connectivity index (χ2n) is 3.52. The Balaban J connectivity index is 3.45. The van der Waals surface area contributed by atoms with Crippen molar-refractivity contribution in [3.63, 3.8) is 0 Å². The number of nitrogens with zero attached hydrogens (tertiary/aromatic N) is 1. The first-order valence-electron chi connectivity index (χ1n) is 5.26. The van der Waals surface area contributed by atoms with E-state index < -0.39 is 6.03 Å². The van der Waals surface area contributed by atoms with E-state index in [0.717, 1.165) is 10.5 Å². The molecule has 0 saturated heterocycles. The van der Waals surface area contributed by atoms with Gasteiger partial charge in [-0.1, -0.05) is 18.5 Å². The van der Waals surface area contributed by atoms with Gasteiger partial charge in [0.1, 0.15) is 0 Å². The average molecular weight is 334 g/mol. The molecule has 0 heterocycles. The van der Waals surface area contributed by atoms with Crippen LogP contribution in [-0.2, 0) is 6.42 Å². The van der Waals surface area contributed by atoms with Crippen molar-refractivity contribution in [2.75, 3.05) is 11.9 Å². The Morgan fingerprint density at radius 1 is 1.61 bits per heavy atom. The first kappa shape index (κ1) is 14.8. The lowest BCUT2D eigenvalue weighted by Crippen LogP contribution is -2.46. The molecule has 0 radical (unpaired) electrons. The summed E-state index contributed by atoms with van der Waals surface area (Å²) < 4.78 is 0.616. The maximum atomic E-state index is 11.8. The highest BCUT2D eigenvalue weighted by Gasteiger charge is 2.23. The second-order valence-corrected chi connectivity index (χ2v) is 4.82. The lowest BCUT2D eigenvalue weighted by molar-refractivity contribution is 0.251. The van der Waals surface area contributed by atoms with Crippen molar-refractivity contribution in [3.8, 4) is 0 Å². The van der Waals surface area contributed by atoms with Gasteiger partial charge in [-0.25, -0.2) is 9.69 Å². The minimum atomic E-state index is -0.472. The number of carbonyl (C=O) groups is 1. The first-order valence-corrected chi connectivity index (χ1v) is 6.43. The van der Waals surface area contributed by atoms with Crippen LogP contribution in [0.4, 0.5) is 10.5 Å². The van der Waals surface area contributed by atoms with Crippen molar-refractivity contribution in [3.05, 3.63) is 27.2 Å². The number of nitrogens with one attached hydrogen (secondary N) is 2. The number of benzene rings is 1. The molecular formula is C11H14BrClN4O. The van der Waals surface area contributed by atoms with E-state index in [1.54, 1.807) is 12.1 Å². The molecule has 98 valence electrons. The van der Waals surface area contributed by atoms with Crippen LogP contribution < -0.4 is 16.0 Å². The van der Waals surface area contributed by atoms with Crippen molar-refractivity contribution in [2.24, 2.45) is 5.73 Å².